The Kier molecular flexibility index (Phi) is 15.4. The number of carboxylic acids is 1. The van der Waals surface area contributed by atoms with Crippen molar-refractivity contribution in [2.24, 2.45) is 0 Å². The zero-order valence-electron chi connectivity index (χ0n) is 41.6. The highest BCUT2D eigenvalue weighted by molar-refractivity contribution is 8.77. The highest BCUT2D eigenvalue weighted by Crippen LogP contribution is 2.66. The lowest BCUT2D eigenvalue weighted by Gasteiger charge is -2.39. The highest BCUT2D eigenvalue weighted by Gasteiger charge is 2.44. The van der Waals surface area contributed by atoms with Crippen molar-refractivity contribution in [1.29, 1.82) is 0 Å². The maximum Gasteiger partial charge on any atom is 0.490 e. The van der Waals surface area contributed by atoms with Gasteiger partial charge in [-0.15, -0.1) is 0 Å². The van der Waals surface area contributed by atoms with E-state index in [2.05, 4.69) is 40.5 Å². The third kappa shape index (κ3) is 11.5. The molecule has 76 heavy (non-hydrogen) atoms. The Balaban J connectivity index is 0.852. The van der Waals surface area contributed by atoms with Crippen molar-refractivity contribution in [1.82, 2.24) is 19.4 Å². The van der Waals surface area contributed by atoms with Gasteiger partial charge >= 0.3 is 35.1 Å². The third-order valence-corrected chi connectivity index (χ3v) is 21.0. The van der Waals surface area contributed by atoms with Crippen LogP contribution >= 0.6 is 45.1 Å². The summed E-state index contributed by atoms with van der Waals surface area (Å²) in [5.41, 5.74) is 7.10. The summed E-state index contributed by atoms with van der Waals surface area (Å²) in [6, 6.07) is 9.27. The molecule has 1 aromatic heterocycles. The second-order valence-corrected chi connectivity index (χ2v) is 27.5. The minimum atomic E-state index is -5.82. The number of hydrogen-bond acceptors (Lipinski definition) is 16. The van der Waals surface area contributed by atoms with Crippen LogP contribution in [0.1, 0.15) is 112 Å². The molecule has 7 heterocycles. The van der Waals surface area contributed by atoms with Crippen LogP contribution in [0.15, 0.2) is 46.1 Å². The van der Waals surface area contributed by atoms with Gasteiger partial charge in [-0.25, -0.2) is 27.9 Å². The first-order valence-corrected chi connectivity index (χ1v) is 31.6. The second-order valence-electron chi connectivity index (χ2n) is 20.1. The van der Waals surface area contributed by atoms with Crippen LogP contribution in [0.3, 0.4) is 0 Å². The van der Waals surface area contributed by atoms with Crippen LogP contribution in [0.25, 0.3) is 5.57 Å². The summed E-state index contributed by atoms with van der Waals surface area (Å²) >= 11 is 0. The SMILES string of the molecule is Cc1cn([C@H]2C[C@@H](OCSSC(C)(C)CNC(=O)c3ccc(C4=c5cc6c7c(c5Oc5c4cc4c8c5CCCN8CCC4)CCC[N+]=7CCC6)c(C(=O)O)c3)[C@@H](COP(=O)(O)OP(=O)(O)OP(=O)(O)O)O2)c(=O)[nH]c1=O. The van der Waals surface area contributed by atoms with E-state index in [4.69, 9.17) is 28.5 Å². The summed E-state index contributed by atoms with van der Waals surface area (Å²) in [6.45, 7) is 8.41. The van der Waals surface area contributed by atoms with Crippen molar-refractivity contribution >= 4 is 68.2 Å². The Labute approximate surface area is 442 Å². The van der Waals surface area contributed by atoms with Gasteiger partial charge in [0, 0.05) is 94.1 Å². The van der Waals surface area contributed by atoms with Crippen molar-refractivity contribution in [2.45, 2.75) is 102 Å². The number of aryl methyl sites for hydroxylation is 3. The molecule has 2 unspecified atom stereocenters. The van der Waals surface area contributed by atoms with Crippen LogP contribution < -0.4 is 41.4 Å². The highest BCUT2D eigenvalue weighted by atomic mass is 33.1. The quantitative estimate of drug-likeness (QED) is 0.0208. The van der Waals surface area contributed by atoms with Gasteiger partial charge in [-0.2, -0.15) is 8.62 Å². The van der Waals surface area contributed by atoms with E-state index in [1.807, 2.05) is 13.8 Å². The van der Waals surface area contributed by atoms with E-state index in [9.17, 15) is 47.8 Å². The topological polar surface area (TPSA) is 315 Å². The summed E-state index contributed by atoms with van der Waals surface area (Å²) in [4.78, 5) is 94.3. The van der Waals surface area contributed by atoms with Crippen molar-refractivity contribution in [3.05, 3.63) is 118 Å². The lowest BCUT2D eigenvalue weighted by Crippen LogP contribution is -2.45. The average Bonchev–Trinajstić information content (AvgIpc) is 3.84. The number of carboxylic acid groups (broad SMARTS) is 1. The molecule has 6 aliphatic heterocycles. The van der Waals surface area contributed by atoms with Gasteiger partial charge in [0.2, 0.25) is 5.36 Å². The number of benzene rings is 3. The smallest absolute Gasteiger partial charge is 0.478 e. The lowest BCUT2D eigenvalue weighted by molar-refractivity contribution is -0.0543. The number of H-pyrrole nitrogens is 1. The van der Waals surface area contributed by atoms with Crippen molar-refractivity contribution in [3.63, 3.8) is 0 Å². The molecule has 0 saturated carbocycles. The number of aromatic amines is 1. The number of anilines is 1. The van der Waals surface area contributed by atoms with Gasteiger partial charge in [0.1, 0.15) is 42.9 Å². The minimum absolute atomic E-state index is 0.0113. The number of phosphoric acid groups is 3. The number of nitrogens with zero attached hydrogens (tertiary/aromatic N) is 3. The summed E-state index contributed by atoms with van der Waals surface area (Å²) in [5.74, 6) is -0.130. The predicted octanol–water partition coefficient (Wildman–Crippen LogP) is 4.54. The molecule has 28 heteroatoms. The molecule has 23 nitrogen and oxygen atoms in total. The average molecular weight is 1150 g/mol. The zero-order chi connectivity index (χ0) is 54.1. The number of amides is 1. The number of nitrogens with one attached hydrogen (secondary N) is 2. The van der Waals surface area contributed by atoms with Gasteiger partial charge in [0.15, 0.2) is 0 Å². The normalized spacial score (nSPS) is 21.4. The molecule has 1 fully saturated rings. The van der Waals surface area contributed by atoms with Gasteiger partial charge in [-0.05, 0) is 94.7 Å². The molecule has 1 amide bonds. The molecule has 10 rings (SSSR count). The number of rotatable bonds is 18. The standard InChI is InChI=1S/C48H56N5O18P3S2/c1-26-22-53(47(58)50-44(26)54)38-21-36(37(68-38)23-67-73(62,63)71-74(64,65)70-72(59,60)61)66-25-75-76-48(2,3)24-49-45(55)29-12-13-30(33(20-29)46(56)57)39-34-18-27-8-4-14-51-16-6-10-31(40(27)51)42(34)69-43-32-11-7-17-52-15-5-9-28(41(32)52)19-35(39)43/h12-13,18-20,22,36-38H,4-11,14-17,21,23-25H2,1-3H3,(H6-,49,50,54,55,56,57,58,59,60,61,62,63,64,65)/p+1/t36-,37-,38-/m1/s1. The molecular weight excluding hydrogens is 1090 g/mol. The van der Waals surface area contributed by atoms with E-state index in [-0.39, 0.29) is 35.6 Å². The first-order chi connectivity index (χ1) is 35.9. The van der Waals surface area contributed by atoms with E-state index >= 15 is 0 Å². The van der Waals surface area contributed by atoms with Gasteiger partial charge in [-0.1, -0.05) is 27.7 Å². The monoisotopic (exact) mass is 1150 g/mol. The van der Waals surface area contributed by atoms with E-state index < -0.39 is 76.4 Å². The maximum absolute atomic E-state index is 14.0. The zero-order valence-corrected chi connectivity index (χ0v) is 45.9. The van der Waals surface area contributed by atoms with Crippen LogP contribution in [0.5, 0.6) is 11.5 Å². The first kappa shape index (κ1) is 54.9. The van der Waals surface area contributed by atoms with E-state index in [1.165, 1.54) is 74.1 Å². The maximum atomic E-state index is 14.0. The van der Waals surface area contributed by atoms with Gasteiger partial charge in [0.05, 0.1) is 23.8 Å². The molecule has 0 spiro atoms. The Morgan fingerprint density at radius 1 is 0.908 bits per heavy atom. The van der Waals surface area contributed by atoms with Crippen LogP contribution in [0, 0.1) is 6.92 Å². The fourth-order valence-corrected chi connectivity index (χ4v) is 16.3. The number of aromatic nitrogens is 2. The molecule has 0 bridgehead atoms. The van der Waals surface area contributed by atoms with Gasteiger partial charge in [-0.3, -0.25) is 23.7 Å². The lowest BCUT2D eigenvalue weighted by atomic mass is 9.81. The Morgan fingerprint density at radius 3 is 2.38 bits per heavy atom. The minimum Gasteiger partial charge on any atom is -0.478 e. The van der Waals surface area contributed by atoms with E-state index in [1.54, 1.807) is 12.1 Å². The molecule has 7 N–H and O–H groups in total. The fourth-order valence-electron chi connectivity index (χ4n) is 11.1. The largest absolute Gasteiger partial charge is 0.490 e. The van der Waals surface area contributed by atoms with Crippen LogP contribution in [0.2, 0.25) is 0 Å². The van der Waals surface area contributed by atoms with E-state index in [0.717, 1.165) is 110 Å². The number of fused-ring (bicyclic) bond motifs is 4. The summed E-state index contributed by atoms with van der Waals surface area (Å²) in [6.07, 6.45) is 5.41. The van der Waals surface area contributed by atoms with Crippen molar-refractivity contribution < 1.29 is 75.3 Å². The third-order valence-electron chi connectivity index (χ3n) is 14.2. The van der Waals surface area contributed by atoms with Gasteiger partial charge < -0.3 is 49.1 Å². The molecule has 1 saturated heterocycles. The molecule has 6 aliphatic rings. The summed E-state index contributed by atoms with van der Waals surface area (Å²) in [5, 5.41) is 16.0. The number of ether oxygens (including phenoxy) is 3. The Bertz CT molecular complexity index is 3470. The number of aromatic carboxylic acids is 1. The van der Waals surface area contributed by atoms with Crippen LogP contribution in [-0.4, -0.2) is 108 Å². The fraction of sp³-hybridized carbons (Fsp3) is 0.479. The van der Waals surface area contributed by atoms with Crippen molar-refractivity contribution in [3.8, 4) is 11.5 Å². The Hall–Kier alpha value is -4.42. The number of hydrogen-bond donors (Lipinski definition) is 7. The number of carbonyl (C=O) groups is 2. The number of carbonyl (C=O) groups excluding carboxylic acids is 1. The molecule has 4 aromatic rings. The Morgan fingerprint density at radius 2 is 1.63 bits per heavy atom. The van der Waals surface area contributed by atoms with Crippen LogP contribution in [-0.2, 0) is 62.0 Å². The molecule has 3 aromatic carbocycles. The molecule has 408 valence electrons. The molecule has 5 atom stereocenters. The number of phosphoric ester groups is 1. The van der Waals surface area contributed by atoms with Gasteiger partial charge in [0.25, 0.3) is 11.5 Å². The second kappa shape index (κ2) is 21.3. The van der Waals surface area contributed by atoms with Crippen molar-refractivity contribution in [2.75, 3.05) is 50.2 Å². The summed E-state index contributed by atoms with van der Waals surface area (Å²) < 4.78 is 70.0. The summed E-state index contributed by atoms with van der Waals surface area (Å²) in [7, 11) is -14.5. The predicted molar refractivity (Wildman–Crippen MR) is 279 cm³/mol. The van der Waals surface area contributed by atoms with Crippen LogP contribution in [0.4, 0.5) is 5.69 Å². The van der Waals surface area contributed by atoms with E-state index in [0.29, 0.717) is 5.56 Å². The molecule has 0 radical (unpaired) electrons. The molecule has 0 aliphatic carbocycles. The molecular formula is C48H57N5O18P3S2+. The first-order valence-electron chi connectivity index (χ1n) is 24.7.